The molecule has 2 unspecified atom stereocenters. The lowest BCUT2D eigenvalue weighted by atomic mass is 9.88. The van der Waals surface area contributed by atoms with Crippen molar-refractivity contribution < 1.29 is 55.7 Å². The van der Waals surface area contributed by atoms with Gasteiger partial charge in [0.25, 0.3) is 0 Å². The van der Waals surface area contributed by atoms with E-state index >= 15 is 0 Å². The van der Waals surface area contributed by atoms with Gasteiger partial charge in [0, 0.05) is 78.7 Å². The Morgan fingerprint density at radius 3 is 2.08 bits per heavy atom. The van der Waals surface area contributed by atoms with E-state index in [0.717, 1.165) is 53.8 Å². The molecule has 320 valence electrons. The molecule has 59 heavy (non-hydrogen) atoms. The fraction of sp³-hybridized carbons (Fsp3) is 0.400. The normalized spacial score (nSPS) is 16.5. The van der Waals surface area contributed by atoms with Gasteiger partial charge < -0.3 is 40.1 Å². The molecule has 2 aliphatic rings. The van der Waals surface area contributed by atoms with E-state index in [1.807, 2.05) is 59.3 Å². The van der Waals surface area contributed by atoms with Crippen molar-refractivity contribution in [2.45, 2.75) is 44.6 Å². The van der Waals surface area contributed by atoms with Crippen molar-refractivity contribution in [1.29, 1.82) is 0 Å². The highest BCUT2D eigenvalue weighted by Gasteiger charge is 2.40. The van der Waals surface area contributed by atoms with Crippen LogP contribution >= 0.6 is 11.6 Å². The van der Waals surface area contributed by atoms with Gasteiger partial charge in [-0.3, -0.25) is 4.79 Å². The summed E-state index contributed by atoms with van der Waals surface area (Å²) in [7, 11) is 4.11. The van der Waals surface area contributed by atoms with Crippen LogP contribution in [-0.4, -0.2) is 121 Å². The minimum absolute atomic E-state index is 0.105. The molecule has 1 aromatic heterocycles. The quantitative estimate of drug-likeness (QED) is 0.143. The maximum Gasteiger partial charge on any atom is 0.490 e. The number of hydrogen-bond donors (Lipinski definition) is 4. The summed E-state index contributed by atoms with van der Waals surface area (Å²) in [5, 5.41) is 19.2. The zero-order valence-corrected chi connectivity index (χ0v) is 33.3. The van der Waals surface area contributed by atoms with Crippen molar-refractivity contribution in [3.8, 4) is 0 Å². The number of carboxylic acid groups (broad SMARTS) is 2. The molecule has 19 heteroatoms. The number of carbonyl (C=O) groups excluding carboxylic acids is 2. The largest absolute Gasteiger partial charge is 0.490 e. The van der Waals surface area contributed by atoms with Gasteiger partial charge in [-0.25, -0.2) is 14.4 Å². The summed E-state index contributed by atoms with van der Waals surface area (Å²) >= 11 is 6.42. The highest BCUT2D eigenvalue weighted by Crippen LogP contribution is 2.35. The molecule has 12 nitrogen and oxygen atoms in total. The monoisotopic (exact) mass is 854 g/mol. The Labute approximate surface area is 341 Å². The number of para-hydroxylation sites is 1. The van der Waals surface area contributed by atoms with E-state index in [0.29, 0.717) is 24.7 Å². The van der Waals surface area contributed by atoms with Crippen molar-refractivity contribution in [2.75, 3.05) is 63.2 Å². The first-order valence-electron chi connectivity index (χ1n) is 18.3. The molecular weight excluding hydrogens is 810 g/mol. The van der Waals surface area contributed by atoms with Gasteiger partial charge in [0.2, 0.25) is 5.91 Å². The summed E-state index contributed by atoms with van der Waals surface area (Å²) in [5.41, 5.74) is 6.34. The van der Waals surface area contributed by atoms with E-state index in [-0.39, 0.29) is 23.8 Å². The molecule has 0 saturated carbocycles. The number of carbonyl (C=O) groups is 4. The van der Waals surface area contributed by atoms with Gasteiger partial charge in [-0.05, 0) is 86.4 Å². The third-order valence-electron chi connectivity index (χ3n) is 9.75. The number of urea groups is 1. The second kappa shape index (κ2) is 19.5. The van der Waals surface area contributed by atoms with Crippen molar-refractivity contribution in [3.05, 3.63) is 94.6 Å². The molecule has 0 bridgehead atoms. The fourth-order valence-corrected chi connectivity index (χ4v) is 7.19. The first-order chi connectivity index (χ1) is 27.6. The first-order valence-corrected chi connectivity index (χ1v) is 18.7. The van der Waals surface area contributed by atoms with E-state index in [9.17, 15) is 35.9 Å². The van der Waals surface area contributed by atoms with Crippen molar-refractivity contribution in [2.24, 2.45) is 5.92 Å². The molecule has 1 saturated heterocycles. The number of aromatic amines is 1. The lowest BCUT2D eigenvalue weighted by Crippen LogP contribution is -2.58. The number of aromatic nitrogens is 1. The van der Waals surface area contributed by atoms with E-state index in [1.54, 1.807) is 0 Å². The Morgan fingerprint density at radius 2 is 1.51 bits per heavy atom. The second-order valence-corrected chi connectivity index (χ2v) is 14.9. The third kappa shape index (κ3) is 12.5. The maximum absolute atomic E-state index is 14.8. The van der Waals surface area contributed by atoms with Crippen molar-refractivity contribution >= 4 is 57.8 Å². The number of anilines is 2. The highest BCUT2D eigenvalue weighted by atomic mass is 35.5. The molecule has 4 aromatic rings. The highest BCUT2D eigenvalue weighted by molar-refractivity contribution is 6.30. The van der Waals surface area contributed by atoms with Gasteiger partial charge in [0.15, 0.2) is 0 Å². The van der Waals surface area contributed by atoms with Crippen LogP contribution in [0.2, 0.25) is 5.02 Å². The lowest BCUT2D eigenvalue weighted by Gasteiger charge is -2.40. The van der Waals surface area contributed by atoms with Crippen LogP contribution in [0.15, 0.2) is 72.9 Å². The van der Waals surface area contributed by atoms with E-state index in [2.05, 4.69) is 71.5 Å². The molecule has 3 heterocycles. The van der Waals surface area contributed by atoms with Crippen molar-refractivity contribution in [1.82, 2.24) is 20.1 Å². The van der Waals surface area contributed by atoms with Gasteiger partial charge in [0.1, 0.15) is 6.04 Å². The number of aliphatic carboxylic acids is 2. The fourth-order valence-electron chi connectivity index (χ4n) is 7.00. The van der Waals surface area contributed by atoms with Gasteiger partial charge in [-0.15, -0.1) is 0 Å². The molecular formula is C40H45ClF6N6O6. The maximum atomic E-state index is 14.8. The number of amides is 3. The summed E-state index contributed by atoms with van der Waals surface area (Å²) in [6.07, 6.45) is -7.35. The zero-order valence-electron chi connectivity index (χ0n) is 32.6. The van der Waals surface area contributed by atoms with Crippen LogP contribution < -0.4 is 15.1 Å². The average molecular weight is 855 g/mol. The number of nitrogens with one attached hydrogen (secondary N) is 2. The number of H-pyrrole nitrogens is 1. The Hall–Kier alpha value is -5.49. The molecule has 0 aliphatic carbocycles. The van der Waals surface area contributed by atoms with Crippen LogP contribution in [0.4, 0.5) is 42.5 Å². The van der Waals surface area contributed by atoms with Gasteiger partial charge in [0.05, 0.1) is 0 Å². The minimum atomic E-state index is -5.08. The number of hydrogen-bond acceptors (Lipinski definition) is 6. The summed E-state index contributed by atoms with van der Waals surface area (Å²) in [6, 6.07) is 21.4. The predicted octanol–water partition coefficient (Wildman–Crippen LogP) is 7.17. The summed E-state index contributed by atoms with van der Waals surface area (Å²) in [5.74, 6) is -5.66. The number of fused-ring (bicyclic) bond motifs is 2. The van der Waals surface area contributed by atoms with E-state index < -0.39 is 30.3 Å². The third-order valence-corrected chi connectivity index (χ3v) is 9.98. The van der Waals surface area contributed by atoms with Gasteiger partial charge in [-0.1, -0.05) is 48.9 Å². The standard InChI is InChI=1S/C36H43ClN6O2.2C2HF3O2/c1-24-8-7-9-29(18-24)41-14-16-42(17-15-41)36(45)39-34(25(2)31-21-38-32-11-6-5-10-30(31)32)35(44)43-23-26(22-40(3)4)19-27-20-28(37)12-13-33(27)43;2*3-2(4,5)1(6)7/h5-13,18,20-21,25-26,34,38H,14-17,19,22-23H2,1-4H3,(H,39,45);2*(H,6,7)/t25?,26-,34?;;/m1../s1. The molecule has 0 radical (unpaired) electrons. The van der Waals surface area contributed by atoms with Crippen molar-refractivity contribution in [3.63, 3.8) is 0 Å². The first kappa shape index (κ1) is 46.2. The Morgan fingerprint density at radius 1 is 0.898 bits per heavy atom. The molecule has 1 fully saturated rings. The number of halogens is 7. The summed E-state index contributed by atoms with van der Waals surface area (Å²) < 4.78 is 63.5. The van der Waals surface area contributed by atoms with Crippen LogP contribution in [-0.2, 0) is 20.8 Å². The summed E-state index contributed by atoms with van der Waals surface area (Å²) in [6.45, 7) is 8.19. The number of nitrogens with zero attached hydrogens (tertiary/aromatic N) is 4. The molecule has 0 spiro atoms. The topological polar surface area (TPSA) is 150 Å². The van der Waals surface area contributed by atoms with Crippen LogP contribution in [0.3, 0.4) is 0 Å². The smallest absolute Gasteiger partial charge is 0.475 e. The van der Waals surface area contributed by atoms with Crippen LogP contribution in [0, 0.1) is 12.8 Å². The van der Waals surface area contributed by atoms with Crippen LogP contribution in [0.25, 0.3) is 10.9 Å². The lowest BCUT2D eigenvalue weighted by molar-refractivity contribution is -0.193. The minimum Gasteiger partial charge on any atom is -0.475 e. The van der Waals surface area contributed by atoms with Crippen LogP contribution in [0.1, 0.15) is 29.5 Å². The van der Waals surface area contributed by atoms with Crippen LogP contribution in [0.5, 0.6) is 0 Å². The number of benzene rings is 3. The predicted molar refractivity (Wildman–Crippen MR) is 211 cm³/mol. The van der Waals surface area contributed by atoms with Gasteiger partial charge >= 0.3 is 30.3 Å². The molecule has 4 N–H and O–H groups in total. The van der Waals surface area contributed by atoms with E-state index in [4.69, 9.17) is 31.4 Å². The number of carboxylic acids is 2. The number of rotatable bonds is 7. The number of aryl methyl sites for hydroxylation is 1. The average Bonchev–Trinajstić information content (AvgIpc) is 3.60. The Balaban J connectivity index is 0.000000471. The molecule has 3 amide bonds. The molecule has 2 aliphatic heterocycles. The SMILES string of the molecule is Cc1cccc(N2CCN(C(=O)NC(C(=O)N3C[C@@H](CN(C)C)Cc4cc(Cl)ccc43)C(C)c3c[nH]c4ccccc34)CC2)c1.O=C(O)C(F)(F)F.O=C(O)C(F)(F)F. The molecule has 6 rings (SSSR count). The molecule has 3 atom stereocenters. The van der Waals surface area contributed by atoms with E-state index in [1.165, 1.54) is 11.3 Å². The molecule has 3 aromatic carbocycles. The zero-order chi connectivity index (χ0) is 43.8. The Bertz CT molecular complexity index is 2080. The number of piperazine rings is 1. The summed E-state index contributed by atoms with van der Waals surface area (Å²) in [4.78, 5) is 58.0. The Kier molecular flexibility index (Phi) is 15.3. The number of alkyl halides is 6. The van der Waals surface area contributed by atoms with Gasteiger partial charge in [-0.2, -0.15) is 26.3 Å². The second-order valence-electron chi connectivity index (χ2n) is 14.5.